The van der Waals surface area contributed by atoms with E-state index in [1.54, 1.807) is 0 Å². The van der Waals surface area contributed by atoms with Crippen molar-refractivity contribution in [2.45, 2.75) is 0 Å². The molecule has 0 amide bonds. The Kier molecular flexibility index (Phi) is 6.55. The number of halogens is 1. The van der Waals surface area contributed by atoms with Crippen LogP contribution in [0, 0.1) is 0 Å². The zero-order chi connectivity index (χ0) is 4.83. The Balaban J connectivity index is 2.49. The first-order chi connectivity index (χ1) is 2.91. The normalized spacial score (nSPS) is 10.2. The molecule has 0 radical (unpaired) electrons. The van der Waals surface area contributed by atoms with Gasteiger partial charge in [0.05, 0.1) is 6.45 Å². The molecule has 1 atom stereocenters. The molecule has 6 heavy (non-hydrogen) atoms. The van der Waals surface area contributed by atoms with E-state index in [-0.39, 0.29) is 6.61 Å². The minimum Gasteiger partial charge on any atom is -0.344 e. The Labute approximate surface area is 51.0 Å². The third-order valence-corrected chi connectivity index (χ3v) is 1.42. The third kappa shape index (κ3) is 4.79. The second-order valence-electron chi connectivity index (χ2n) is 0.555. The van der Waals surface area contributed by atoms with Crippen LogP contribution in [0.1, 0.15) is 0 Å². The van der Waals surface area contributed by atoms with Crippen molar-refractivity contribution in [2.24, 2.45) is 0 Å². The monoisotopic (exact) mass is 218 g/mol. The molecule has 0 saturated heterocycles. The zero-order valence-corrected chi connectivity index (χ0v) is 6.14. The molecule has 1 unspecified atom stereocenters. The van der Waals surface area contributed by atoms with Gasteiger partial charge in [-0.1, -0.05) is 0 Å². The second-order valence-corrected chi connectivity index (χ2v) is 2.32. The molecule has 0 N–H and O–H groups in total. The van der Waals surface area contributed by atoms with Gasteiger partial charge in [-0.3, -0.25) is 0 Å². The fourth-order valence-corrected chi connectivity index (χ4v) is 0.736. The lowest BCUT2D eigenvalue weighted by Gasteiger charge is -1.83. The summed E-state index contributed by atoms with van der Waals surface area (Å²) in [6.07, 6.45) is 0.742. The lowest BCUT2D eigenvalue weighted by Crippen LogP contribution is -1.80. The molecule has 0 aliphatic rings. The maximum Gasteiger partial charge on any atom is 0.146 e. The zero-order valence-electron chi connectivity index (χ0n) is 2.98. The maximum atomic E-state index is 9.44. The number of carbonyl (C=O) groups excluding carboxylic acids is 1. The predicted molar refractivity (Wildman–Crippen MR) is 34.4 cm³/mol. The molecular formula is C2H4IO2P. The summed E-state index contributed by atoms with van der Waals surface area (Å²) in [5.74, 6) is 0. The highest BCUT2D eigenvalue weighted by molar-refractivity contribution is 14.2. The van der Waals surface area contributed by atoms with E-state index in [2.05, 4.69) is 26.6 Å². The molecule has 0 spiro atoms. The van der Waals surface area contributed by atoms with E-state index in [1.165, 1.54) is 0 Å². The SMILES string of the molecule is O=CCOPI. The molecule has 0 aromatic carbocycles. The largest absolute Gasteiger partial charge is 0.344 e. The van der Waals surface area contributed by atoms with E-state index in [4.69, 9.17) is 0 Å². The van der Waals surface area contributed by atoms with Crippen molar-refractivity contribution in [1.82, 2.24) is 0 Å². The molecule has 0 fully saturated rings. The third-order valence-electron chi connectivity index (χ3n) is 0.206. The molecule has 0 bridgehead atoms. The molecular weight excluding hydrogens is 214 g/mol. The van der Waals surface area contributed by atoms with Gasteiger partial charge in [-0.15, -0.1) is 0 Å². The van der Waals surface area contributed by atoms with E-state index in [0.29, 0.717) is 6.45 Å². The van der Waals surface area contributed by atoms with Crippen molar-refractivity contribution in [3.8, 4) is 0 Å². The van der Waals surface area contributed by atoms with Crippen LogP contribution < -0.4 is 0 Å². The maximum absolute atomic E-state index is 9.44. The predicted octanol–water partition coefficient (Wildman–Crippen LogP) is 1.15. The van der Waals surface area contributed by atoms with Crippen molar-refractivity contribution in [3.63, 3.8) is 0 Å². The summed E-state index contributed by atoms with van der Waals surface area (Å²) in [6, 6.07) is 0. The molecule has 0 heterocycles. The summed E-state index contributed by atoms with van der Waals surface area (Å²) < 4.78 is 4.63. The Bertz CT molecular complexity index is 40.5. The first kappa shape index (κ1) is 6.79. The van der Waals surface area contributed by atoms with Crippen LogP contribution in [-0.2, 0) is 9.32 Å². The van der Waals surface area contributed by atoms with Crippen molar-refractivity contribution in [1.29, 1.82) is 0 Å². The molecule has 2 nitrogen and oxygen atoms in total. The fraction of sp³-hybridized carbons (Fsp3) is 0.500. The lowest BCUT2D eigenvalue weighted by molar-refractivity contribution is -0.109. The minimum atomic E-state index is 0.237. The summed E-state index contributed by atoms with van der Waals surface area (Å²) in [5, 5.41) is 0. The average Bonchev–Trinajstić information content (AvgIpc) is 1.61. The van der Waals surface area contributed by atoms with Gasteiger partial charge in [-0.05, 0) is 22.0 Å². The summed E-state index contributed by atoms with van der Waals surface area (Å²) in [7, 11) is 0. The molecule has 0 saturated carbocycles. The van der Waals surface area contributed by atoms with E-state index in [1.807, 2.05) is 0 Å². The van der Waals surface area contributed by atoms with Crippen LogP contribution in [0.5, 0.6) is 0 Å². The number of hydrogen-bond donors (Lipinski definition) is 0. The van der Waals surface area contributed by atoms with Gasteiger partial charge >= 0.3 is 0 Å². The van der Waals surface area contributed by atoms with E-state index < -0.39 is 0 Å². The van der Waals surface area contributed by atoms with Gasteiger partial charge in [0, 0.05) is 0 Å². The van der Waals surface area contributed by atoms with Gasteiger partial charge in [-0.25, -0.2) is 0 Å². The summed E-state index contributed by atoms with van der Waals surface area (Å²) in [6.45, 7) is 0.641. The quantitative estimate of drug-likeness (QED) is 0.307. The summed E-state index contributed by atoms with van der Waals surface area (Å²) >= 11 is 2.06. The van der Waals surface area contributed by atoms with E-state index in [9.17, 15) is 4.79 Å². The molecule has 0 aliphatic carbocycles. The van der Waals surface area contributed by atoms with Crippen molar-refractivity contribution < 1.29 is 9.32 Å². The number of hydrogen-bond acceptors (Lipinski definition) is 2. The van der Waals surface area contributed by atoms with Gasteiger partial charge < -0.3 is 9.32 Å². The molecule has 4 heteroatoms. The van der Waals surface area contributed by atoms with Crippen molar-refractivity contribution >= 4 is 34.8 Å². The Morgan fingerprint density at radius 3 is 2.83 bits per heavy atom. The van der Waals surface area contributed by atoms with Crippen LogP contribution >= 0.6 is 28.5 Å². The van der Waals surface area contributed by atoms with Gasteiger partial charge in [0.1, 0.15) is 12.9 Å². The number of carbonyl (C=O) groups is 1. The Morgan fingerprint density at radius 2 is 2.67 bits per heavy atom. The standard InChI is InChI=1S/C2H4IO2P/c3-6-5-2-1-4/h1,6H,2H2. The average molecular weight is 218 g/mol. The highest BCUT2D eigenvalue weighted by atomic mass is 127. The Morgan fingerprint density at radius 1 is 2.00 bits per heavy atom. The summed E-state index contributed by atoms with van der Waals surface area (Å²) in [4.78, 5) is 9.44. The topological polar surface area (TPSA) is 26.3 Å². The van der Waals surface area contributed by atoms with Crippen LogP contribution in [0.3, 0.4) is 0 Å². The van der Waals surface area contributed by atoms with E-state index in [0.717, 1.165) is 6.29 Å². The van der Waals surface area contributed by atoms with Crippen LogP contribution in [0.4, 0.5) is 0 Å². The minimum absolute atomic E-state index is 0.237. The van der Waals surface area contributed by atoms with Gasteiger partial charge in [0.15, 0.2) is 0 Å². The molecule has 0 aliphatic heterocycles. The molecule has 0 aromatic heterocycles. The fourth-order valence-electron chi connectivity index (χ4n) is 0.0655. The van der Waals surface area contributed by atoms with Crippen LogP contribution in [0.25, 0.3) is 0 Å². The number of rotatable bonds is 3. The smallest absolute Gasteiger partial charge is 0.146 e. The first-order valence-corrected chi connectivity index (χ1v) is 5.35. The highest BCUT2D eigenvalue weighted by Crippen LogP contribution is 2.20. The van der Waals surface area contributed by atoms with Crippen LogP contribution in [0.15, 0.2) is 0 Å². The molecule has 0 aromatic rings. The van der Waals surface area contributed by atoms with Crippen molar-refractivity contribution in [2.75, 3.05) is 6.61 Å². The first-order valence-electron chi connectivity index (χ1n) is 1.33. The van der Waals surface area contributed by atoms with Gasteiger partial charge in [0.25, 0.3) is 0 Å². The number of aldehydes is 1. The lowest BCUT2D eigenvalue weighted by atomic mass is 10.9. The van der Waals surface area contributed by atoms with E-state index >= 15 is 0 Å². The van der Waals surface area contributed by atoms with Crippen molar-refractivity contribution in [3.05, 3.63) is 0 Å². The Hall–Kier alpha value is 0.790. The van der Waals surface area contributed by atoms with Crippen LogP contribution in [-0.4, -0.2) is 12.9 Å². The molecule has 36 valence electrons. The van der Waals surface area contributed by atoms with Gasteiger partial charge in [-0.2, -0.15) is 0 Å². The molecule has 0 rings (SSSR count). The highest BCUT2D eigenvalue weighted by Gasteiger charge is 1.73. The van der Waals surface area contributed by atoms with Gasteiger partial charge in [0.2, 0.25) is 0 Å². The van der Waals surface area contributed by atoms with Crippen LogP contribution in [0.2, 0.25) is 0 Å². The second kappa shape index (κ2) is 5.79. The summed E-state index contributed by atoms with van der Waals surface area (Å²) in [5.41, 5.74) is 0.